The normalized spacial score (nSPS) is 18.6. The summed E-state index contributed by atoms with van der Waals surface area (Å²) in [6, 6.07) is 8.02. The SMILES string of the molecule is N#Cc1ccccc1S(=O)(=O)N1CCN(C(=O)CNC(=O)CC2CCCCC2)CC1. The Labute approximate surface area is 177 Å². The first-order chi connectivity index (χ1) is 14.4. The fourth-order valence-electron chi connectivity index (χ4n) is 4.11. The van der Waals surface area contributed by atoms with Gasteiger partial charge < -0.3 is 10.2 Å². The van der Waals surface area contributed by atoms with Gasteiger partial charge in [0.05, 0.1) is 17.0 Å². The third-order valence-electron chi connectivity index (χ3n) is 5.85. The van der Waals surface area contributed by atoms with Gasteiger partial charge in [-0.05, 0) is 30.9 Å². The zero-order valence-electron chi connectivity index (χ0n) is 17.0. The van der Waals surface area contributed by atoms with Crippen LogP contribution in [0.4, 0.5) is 0 Å². The average molecular weight is 433 g/mol. The number of carbonyl (C=O) groups excluding carboxylic acids is 2. The van der Waals surface area contributed by atoms with Crippen molar-refractivity contribution in [3.05, 3.63) is 29.8 Å². The highest BCUT2D eigenvalue weighted by Crippen LogP contribution is 2.26. The Balaban J connectivity index is 1.48. The van der Waals surface area contributed by atoms with Gasteiger partial charge in [0.25, 0.3) is 0 Å². The molecule has 9 heteroatoms. The topological polar surface area (TPSA) is 111 Å². The molecule has 162 valence electrons. The van der Waals surface area contributed by atoms with E-state index in [-0.39, 0.29) is 55.0 Å². The smallest absolute Gasteiger partial charge is 0.244 e. The Hall–Kier alpha value is -2.44. The molecule has 2 amide bonds. The van der Waals surface area contributed by atoms with E-state index < -0.39 is 10.0 Å². The highest BCUT2D eigenvalue weighted by Gasteiger charge is 2.31. The molecule has 0 bridgehead atoms. The Bertz CT molecular complexity index is 911. The Morgan fingerprint density at radius 3 is 2.40 bits per heavy atom. The lowest BCUT2D eigenvalue weighted by Crippen LogP contribution is -2.52. The minimum atomic E-state index is -3.79. The fourth-order valence-corrected chi connectivity index (χ4v) is 5.68. The summed E-state index contributed by atoms with van der Waals surface area (Å²) >= 11 is 0. The minimum Gasteiger partial charge on any atom is -0.347 e. The van der Waals surface area contributed by atoms with Crippen LogP contribution in [0.3, 0.4) is 0 Å². The summed E-state index contributed by atoms with van der Waals surface area (Å²) in [6.07, 6.45) is 6.20. The maximum absolute atomic E-state index is 12.9. The number of rotatable bonds is 6. The van der Waals surface area contributed by atoms with Gasteiger partial charge >= 0.3 is 0 Å². The molecule has 0 aromatic heterocycles. The van der Waals surface area contributed by atoms with Crippen molar-refractivity contribution < 1.29 is 18.0 Å². The summed E-state index contributed by atoms with van der Waals surface area (Å²) in [5.74, 6) is 0.116. The molecule has 0 unspecified atom stereocenters. The van der Waals surface area contributed by atoms with Gasteiger partial charge in [0.1, 0.15) is 6.07 Å². The van der Waals surface area contributed by atoms with Crippen molar-refractivity contribution in [1.82, 2.24) is 14.5 Å². The number of carbonyl (C=O) groups is 2. The quantitative estimate of drug-likeness (QED) is 0.732. The summed E-state index contributed by atoms with van der Waals surface area (Å²) in [4.78, 5) is 26.1. The summed E-state index contributed by atoms with van der Waals surface area (Å²) < 4.78 is 27.0. The molecule has 0 spiro atoms. The summed E-state index contributed by atoms with van der Waals surface area (Å²) in [5.41, 5.74) is 0.108. The van der Waals surface area contributed by atoms with Gasteiger partial charge in [-0.3, -0.25) is 9.59 Å². The van der Waals surface area contributed by atoms with Crippen LogP contribution in [0.5, 0.6) is 0 Å². The van der Waals surface area contributed by atoms with Gasteiger partial charge in [0, 0.05) is 32.6 Å². The first kappa shape index (κ1) is 22.2. The molecule has 1 aromatic rings. The molecule has 8 nitrogen and oxygen atoms in total. The van der Waals surface area contributed by atoms with Crippen LogP contribution in [0.15, 0.2) is 29.2 Å². The largest absolute Gasteiger partial charge is 0.347 e. The van der Waals surface area contributed by atoms with Crippen molar-refractivity contribution in [3.8, 4) is 6.07 Å². The van der Waals surface area contributed by atoms with Crippen LogP contribution in [0.25, 0.3) is 0 Å². The Morgan fingerprint density at radius 1 is 1.07 bits per heavy atom. The lowest BCUT2D eigenvalue weighted by atomic mass is 9.87. The molecule has 2 fully saturated rings. The van der Waals surface area contributed by atoms with Crippen molar-refractivity contribution in [2.75, 3.05) is 32.7 Å². The zero-order chi connectivity index (χ0) is 21.6. The average Bonchev–Trinajstić information content (AvgIpc) is 2.78. The van der Waals surface area contributed by atoms with E-state index in [1.807, 2.05) is 6.07 Å². The van der Waals surface area contributed by atoms with Gasteiger partial charge in [-0.25, -0.2) is 8.42 Å². The second-order valence-corrected chi connectivity index (χ2v) is 9.78. The molecule has 1 N–H and O–H groups in total. The Kier molecular flexibility index (Phi) is 7.45. The van der Waals surface area contributed by atoms with Crippen LogP contribution in [0.1, 0.15) is 44.1 Å². The number of sulfonamides is 1. The molecule has 1 heterocycles. The van der Waals surface area contributed by atoms with Crippen molar-refractivity contribution >= 4 is 21.8 Å². The standard InChI is InChI=1S/C21H28N4O4S/c22-15-18-8-4-5-9-19(18)30(28,29)25-12-10-24(11-13-25)21(27)16-23-20(26)14-17-6-2-1-3-7-17/h4-5,8-9,17H,1-3,6-7,10-14,16H2,(H,23,26). The van der Waals surface area contributed by atoms with Gasteiger partial charge in [-0.15, -0.1) is 0 Å². The van der Waals surface area contributed by atoms with E-state index in [0.29, 0.717) is 12.3 Å². The van der Waals surface area contributed by atoms with E-state index >= 15 is 0 Å². The molecule has 0 radical (unpaired) electrons. The van der Waals surface area contributed by atoms with E-state index in [1.165, 1.54) is 35.7 Å². The summed E-state index contributed by atoms with van der Waals surface area (Å²) in [5, 5.41) is 11.9. The van der Waals surface area contributed by atoms with Gasteiger partial charge in [0.15, 0.2) is 0 Å². The lowest BCUT2D eigenvalue weighted by Gasteiger charge is -2.34. The highest BCUT2D eigenvalue weighted by atomic mass is 32.2. The molecular weight excluding hydrogens is 404 g/mol. The predicted octanol–water partition coefficient (Wildman–Crippen LogP) is 1.48. The van der Waals surface area contributed by atoms with Crippen molar-refractivity contribution in [2.24, 2.45) is 5.92 Å². The molecule has 1 aliphatic heterocycles. The van der Waals surface area contributed by atoms with Crippen LogP contribution < -0.4 is 5.32 Å². The molecule has 1 aromatic carbocycles. The van der Waals surface area contributed by atoms with Crippen LogP contribution >= 0.6 is 0 Å². The second kappa shape index (κ2) is 10.0. The van der Waals surface area contributed by atoms with Crippen molar-refractivity contribution in [2.45, 2.75) is 43.4 Å². The first-order valence-corrected chi connectivity index (χ1v) is 11.9. The summed E-state index contributed by atoms with van der Waals surface area (Å²) in [7, 11) is -3.79. The van der Waals surface area contributed by atoms with E-state index in [0.717, 1.165) is 12.8 Å². The molecule has 2 aliphatic rings. The third-order valence-corrected chi connectivity index (χ3v) is 7.81. The second-order valence-electron chi connectivity index (χ2n) is 7.88. The minimum absolute atomic E-state index is 0.0118. The zero-order valence-corrected chi connectivity index (χ0v) is 17.9. The van der Waals surface area contributed by atoms with Gasteiger partial charge in [-0.2, -0.15) is 9.57 Å². The molecule has 30 heavy (non-hydrogen) atoms. The number of hydrogen-bond donors (Lipinski definition) is 1. The molecule has 1 aliphatic carbocycles. The predicted molar refractivity (Wildman–Crippen MR) is 111 cm³/mol. The highest BCUT2D eigenvalue weighted by molar-refractivity contribution is 7.89. The van der Waals surface area contributed by atoms with Gasteiger partial charge in [0.2, 0.25) is 21.8 Å². The number of nitriles is 1. The fraction of sp³-hybridized carbons (Fsp3) is 0.571. The van der Waals surface area contributed by atoms with E-state index in [9.17, 15) is 23.3 Å². The molecule has 3 rings (SSSR count). The number of hydrogen-bond acceptors (Lipinski definition) is 5. The molecule has 0 atom stereocenters. The van der Waals surface area contributed by atoms with Gasteiger partial charge in [-0.1, -0.05) is 31.4 Å². The van der Waals surface area contributed by atoms with Crippen molar-refractivity contribution in [3.63, 3.8) is 0 Å². The first-order valence-electron chi connectivity index (χ1n) is 10.5. The number of amides is 2. The van der Waals surface area contributed by atoms with E-state index in [2.05, 4.69) is 5.32 Å². The summed E-state index contributed by atoms with van der Waals surface area (Å²) in [6.45, 7) is 0.764. The van der Waals surface area contributed by atoms with Crippen LogP contribution in [0.2, 0.25) is 0 Å². The van der Waals surface area contributed by atoms with Crippen LogP contribution in [0, 0.1) is 17.2 Å². The maximum atomic E-state index is 12.9. The van der Waals surface area contributed by atoms with Crippen LogP contribution in [-0.2, 0) is 19.6 Å². The van der Waals surface area contributed by atoms with E-state index in [4.69, 9.17) is 0 Å². The number of piperazine rings is 1. The number of nitrogens with zero attached hydrogens (tertiary/aromatic N) is 3. The van der Waals surface area contributed by atoms with E-state index in [1.54, 1.807) is 17.0 Å². The molecule has 1 saturated heterocycles. The maximum Gasteiger partial charge on any atom is 0.244 e. The Morgan fingerprint density at radius 2 is 1.73 bits per heavy atom. The number of benzene rings is 1. The van der Waals surface area contributed by atoms with Crippen molar-refractivity contribution in [1.29, 1.82) is 5.26 Å². The molecule has 1 saturated carbocycles. The lowest BCUT2D eigenvalue weighted by molar-refractivity contribution is -0.134. The molecular formula is C21H28N4O4S. The third kappa shape index (κ3) is 5.37. The van der Waals surface area contributed by atoms with Crippen LogP contribution in [-0.4, -0.2) is 62.2 Å². The monoisotopic (exact) mass is 432 g/mol. The number of nitrogens with one attached hydrogen (secondary N) is 1.